The van der Waals surface area contributed by atoms with Gasteiger partial charge in [-0.25, -0.2) is 4.57 Å². The third-order valence-corrected chi connectivity index (χ3v) is 1.40. The molecule has 1 atom stereocenters. The number of carbonyl (C=O) groups is 1. The predicted octanol–water partition coefficient (Wildman–Crippen LogP) is -0.980. The van der Waals surface area contributed by atoms with Gasteiger partial charge in [-0.2, -0.15) is 0 Å². The molecule has 0 aliphatic heterocycles. The van der Waals surface area contributed by atoms with Gasteiger partial charge in [-0.1, -0.05) is 0 Å². The molecular weight excluding hydrogens is 203 g/mol. The van der Waals surface area contributed by atoms with Crippen molar-refractivity contribution in [2.45, 2.75) is 13.0 Å². The molecule has 0 amide bonds. The SMILES string of the molecule is CC(=O)OCC(O)COP(=O)(O)O. The van der Waals surface area contributed by atoms with Crippen LogP contribution in [0.3, 0.4) is 0 Å². The lowest BCUT2D eigenvalue weighted by molar-refractivity contribution is -0.144. The fraction of sp³-hybridized carbons (Fsp3) is 0.800. The number of phosphoric acid groups is 1. The van der Waals surface area contributed by atoms with Gasteiger partial charge < -0.3 is 19.6 Å². The number of hydrogen-bond acceptors (Lipinski definition) is 5. The van der Waals surface area contributed by atoms with Crippen molar-refractivity contribution < 1.29 is 33.5 Å². The van der Waals surface area contributed by atoms with E-state index in [0.29, 0.717) is 0 Å². The molecule has 0 saturated heterocycles. The third kappa shape index (κ3) is 9.45. The van der Waals surface area contributed by atoms with Gasteiger partial charge in [0, 0.05) is 6.92 Å². The quantitative estimate of drug-likeness (QED) is 0.398. The van der Waals surface area contributed by atoms with E-state index in [9.17, 15) is 9.36 Å². The first-order chi connectivity index (χ1) is 5.81. The molecule has 3 N–H and O–H groups in total. The maximum Gasteiger partial charge on any atom is 0.469 e. The Bertz CT molecular complexity index is 209. The van der Waals surface area contributed by atoms with Gasteiger partial charge in [-0.15, -0.1) is 0 Å². The summed E-state index contributed by atoms with van der Waals surface area (Å²) in [5.41, 5.74) is 0. The maximum atomic E-state index is 10.2. The van der Waals surface area contributed by atoms with Crippen LogP contribution in [0.2, 0.25) is 0 Å². The highest BCUT2D eigenvalue weighted by molar-refractivity contribution is 7.46. The van der Waals surface area contributed by atoms with E-state index in [0.717, 1.165) is 6.92 Å². The van der Waals surface area contributed by atoms with Crippen LogP contribution in [0, 0.1) is 0 Å². The van der Waals surface area contributed by atoms with Crippen LogP contribution in [-0.4, -0.2) is 40.2 Å². The molecule has 0 heterocycles. The van der Waals surface area contributed by atoms with Crippen molar-refractivity contribution in [1.29, 1.82) is 0 Å². The first-order valence-corrected chi connectivity index (χ1v) is 4.86. The standard InChI is InChI=1S/C5H11O7P/c1-4(6)11-2-5(7)3-12-13(8,9)10/h5,7H,2-3H2,1H3,(H2,8,9,10). The molecule has 0 fully saturated rings. The van der Waals surface area contributed by atoms with E-state index >= 15 is 0 Å². The molecule has 78 valence electrons. The second-order valence-corrected chi connectivity index (χ2v) is 3.48. The first-order valence-electron chi connectivity index (χ1n) is 3.33. The van der Waals surface area contributed by atoms with Crippen molar-refractivity contribution in [3.8, 4) is 0 Å². The van der Waals surface area contributed by atoms with Gasteiger partial charge in [0.05, 0.1) is 6.61 Å². The van der Waals surface area contributed by atoms with E-state index in [4.69, 9.17) is 14.9 Å². The predicted molar refractivity (Wildman–Crippen MR) is 40.6 cm³/mol. The van der Waals surface area contributed by atoms with E-state index in [1.54, 1.807) is 0 Å². The highest BCUT2D eigenvalue weighted by Crippen LogP contribution is 2.35. The Morgan fingerprint density at radius 2 is 2.00 bits per heavy atom. The Balaban J connectivity index is 3.58. The largest absolute Gasteiger partial charge is 0.469 e. The van der Waals surface area contributed by atoms with Crippen LogP contribution < -0.4 is 0 Å². The molecule has 0 aromatic carbocycles. The molecule has 0 bridgehead atoms. The average Bonchev–Trinajstić information content (AvgIpc) is 1.95. The van der Waals surface area contributed by atoms with Crippen molar-refractivity contribution in [2.24, 2.45) is 0 Å². The zero-order valence-corrected chi connectivity index (χ0v) is 7.81. The average molecular weight is 214 g/mol. The summed E-state index contributed by atoms with van der Waals surface area (Å²) >= 11 is 0. The smallest absolute Gasteiger partial charge is 0.463 e. The number of esters is 1. The zero-order valence-electron chi connectivity index (χ0n) is 6.91. The molecule has 0 aliphatic carbocycles. The molecule has 0 aromatic rings. The van der Waals surface area contributed by atoms with Crippen molar-refractivity contribution in [1.82, 2.24) is 0 Å². The Kier molecular flexibility index (Phi) is 5.12. The Hall–Kier alpha value is -0.460. The van der Waals surface area contributed by atoms with Gasteiger partial charge in [0.15, 0.2) is 0 Å². The van der Waals surface area contributed by atoms with Crippen LogP contribution in [0.1, 0.15) is 6.92 Å². The van der Waals surface area contributed by atoms with E-state index in [1.165, 1.54) is 0 Å². The first kappa shape index (κ1) is 12.5. The Labute approximate surface area is 74.5 Å². The van der Waals surface area contributed by atoms with Crippen molar-refractivity contribution >= 4 is 13.8 Å². The minimum absolute atomic E-state index is 0.352. The van der Waals surface area contributed by atoms with Crippen LogP contribution in [0.25, 0.3) is 0 Å². The van der Waals surface area contributed by atoms with Crippen molar-refractivity contribution in [3.05, 3.63) is 0 Å². The summed E-state index contributed by atoms with van der Waals surface area (Å²) in [6, 6.07) is 0. The normalized spacial score (nSPS) is 13.8. The highest BCUT2D eigenvalue weighted by Gasteiger charge is 2.17. The highest BCUT2D eigenvalue weighted by atomic mass is 31.2. The fourth-order valence-corrected chi connectivity index (χ4v) is 0.811. The molecule has 0 aliphatic rings. The number of carbonyl (C=O) groups excluding carboxylic acids is 1. The molecular formula is C5H11O7P. The van der Waals surface area contributed by atoms with E-state index in [-0.39, 0.29) is 6.61 Å². The van der Waals surface area contributed by atoms with Crippen LogP contribution >= 0.6 is 7.82 Å². The lowest BCUT2D eigenvalue weighted by Gasteiger charge is -2.10. The van der Waals surface area contributed by atoms with Crippen molar-refractivity contribution in [3.63, 3.8) is 0 Å². The zero-order chi connectivity index (χ0) is 10.5. The van der Waals surface area contributed by atoms with Crippen LogP contribution in [0.4, 0.5) is 0 Å². The second kappa shape index (κ2) is 5.31. The minimum Gasteiger partial charge on any atom is -0.463 e. The summed E-state index contributed by atoms with van der Waals surface area (Å²) in [6.07, 6.45) is -1.24. The van der Waals surface area contributed by atoms with Crippen LogP contribution in [0.5, 0.6) is 0 Å². The molecule has 0 aromatic heterocycles. The van der Waals surface area contributed by atoms with Crippen LogP contribution in [-0.2, 0) is 18.6 Å². The third-order valence-electron chi connectivity index (χ3n) is 0.914. The lowest BCUT2D eigenvalue weighted by atomic mass is 10.4. The van der Waals surface area contributed by atoms with E-state index < -0.39 is 26.5 Å². The summed E-state index contributed by atoms with van der Waals surface area (Å²) in [6.45, 7) is 0.212. The number of aliphatic hydroxyl groups is 1. The fourth-order valence-electron chi connectivity index (χ4n) is 0.445. The van der Waals surface area contributed by atoms with E-state index in [1.807, 2.05) is 0 Å². The summed E-state index contributed by atoms with van der Waals surface area (Å²) in [7, 11) is -4.57. The maximum absolute atomic E-state index is 10.2. The van der Waals surface area contributed by atoms with Crippen LogP contribution in [0.15, 0.2) is 0 Å². The van der Waals surface area contributed by atoms with Gasteiger partial charge in [-0.3, -0.25) is 9.32 Å². The molecule has 13 heavy (non-hydrogen) atoms. The molecule has 7 nitrogen and oxygen atoms in total. The second-order valence-electron chi connectivity index (χ2n) is 2.24. The molecule has 0 saturated carbocycles. The van der Waals surface area contributed by atoms with Gasteiger partial charge >= 0.3 is 13.8 Å². The van der Waals surface area contributed by atoms with Gasteiger partial charge in [0.2, 0.25) is 0 Å². The molecule has 1 unspecified atom stereocenters. The number of aliphatic hydroxyl groups excluding tert-OH is 1. The van der Waals surface area contributed by atoms with Gasteiger partial charge in [-0.05, 0) is 0 Å². The molecule has 8 heteroatoms. The number of hydrogen-bond donors (Lipinski definition) is 3. The van der Waals surface area contributed by atoms with Crippen molar-refractivity contribution in [2.75, 3.05) is 13.2 Å². The van der Waals surface area contributed by atoms with Gasteiger partial charge in [0.25, 0.3) is 0 Å². The summed E-state index contributed by atoms with van der Waals surface area (Å²) in [5.74, 6) is -0.588. The Morgan fingerprint density at radius 1 is 1.46 bits per heavy atom. The summed E-state index contributed by atoms with van der Waals surface area (Å²) < 4.78 is 18.4. The number of phosphoric ester groups is 1. The topological polar surface area (TPSA) is 113 Å². The molecule has 0 spiro atoms. The van der Waals surface area contributed by atoms with Gasteiger partial charge in [0.1, 0.15) is 12.7 Å². The monoisotopic (exact) mass is 214 g/mol. The van der Waals surface area contributed by atoms with E-state index in [2.05, 4.69) is 9.26 Å². The summed E-state index contributed by atoms with van der Waals surface area (Å²) in [5, 5.41) is 8.92. The summed E-state index contributed by atoms with van der Waals surface area (Å²) in [4.78, 5) is 26.6. The number of rotatable bonds is 5. The molecule has 0 radical (unpaired) electrons. The molecule has 0 rings (SSSR count). The Morgan fingerprint density at radius 3 is 2.38 bits per heavy atom. The number of ether oxygens (including phenoxy) is 1. The minimum atomic E-state index is -4.57. The lowest BCUT2D eigenvalue weighted by Crippen LogP contribution is -2.22.